The standard InChI is InChI=1S/C18H19N11O3S/c1-3-12(10-4-6-11(30)7-5-10)21-23-17(31)14-13(8-33-18-24-20-9-28(18)2)29(27-22-14)16-15(19)25-32-26-16/h3-7,9,21,30H,8H2,1-2H3,(H2,19,25)(H,23,31)/b12-3-. The van der Waals surface area contributed by atoms with Gasteiger partial charge in [-0.05, 0) is 47.1 Å². The van der Waals surface area contributed by atoms with Gasteiger partial charge in [0, 0.05) is 12.8 Å². The molecule has 1 amide bonds. The highest BCUT2D eigenvalue weighted by Gasteiger charge is 2.24. The van der Waals surface area contributed by atoms with Crippen molar-refractivity contribution in [1.82, 2.24) is 50.9 Å². The molecule has 0 atom stereocenters. The zero-order chi connectivity index (χ0) is 23.4. The van der Waals surface area contributed by atoms with E-state index < -0.39 is 5.91 Å². The van der Waals surface area contributed by atoms with Gasteiger partial charge in [0.1, 0.15) is 12.1 Å². The summed E-state index contributed by atoms with van der Waals surface area (Å²) in [5, 5.41) is 33.3. The van der Waals surface area contributed by atoms with Crippen molar-refractivity contribution in [3.8, 4) is 11.6 Å². The van der Waals surface area contributed by atoms with Gasteiger partial charge in [0.25, 0.3) is 5.91 Å². The van der Waals surface area contributed by atoms with Gasteiger partial charge in [0.05, 0.1) is 11.4 Å². The smallest absolute Gasteiger partial charge is 0.292 e. The Balaban J connectivity index is 1.57. The number of carbonyl (C=O) groups excluding carboxylic acids is 1. The quantitative estimate of drug-likeness (QED) is 0.209. The monoisotopic (exact) mass is 469 g/mol. The Morgan fingerprint density at radius 2 is 2.03 bits per heavy atom. The van der Waals surface area contributed by atoms with Crippen LogP contribution in [0.1, 0.15) is 28.7 Å². The highest BCUT2D eigenvalue weighted by atomic mass is 32.2. The summed E-state index contributed by atoms with van der Waals surface area (Å²) in [4.78, 5) is 13.0. The minimum absolute atomic E-state index is 0.00146. The first-order valence-electron chi connectivity index (χ1n) is 9.49. The fourth-order valence-electron chi connectivity index (χ4n) is 2.79. The lowest BCUT2D eigenvalue weighted by molar-refractivity contribution is 0.0936. The third-order valence-electron chi connectivity index (χ3n) is 4.46. The average Bonchev–Trinajstić information content (AvgIpc) is 3.53. The first-order chi connectivity index (χ1) is 16.0. The van der Waals surface area contributed by atoms with E-state index >= 15 is 0 Å². The number of nitrogens with zero attached hydrogens (tertiary/aromatic N) is 8. The number of amides is 1. The van der Waals surface area contributed by atoms with E-state index in [9.17, 15) is 9.90 Å². The number of rotatable bonds is 8. The van der Waals surface area contributed by atoms with Crippen LogP contribution in [0.2, 0.25) is 0 Å². The van der Waals surface area contributed by atoms with Gasteiger partial charge in [0.15, 0.2) is 10.9 Å². The number of aromatic hydroxyl groups is 1. The first-order valence-corrected chi connectivity index (χ1v) is 10.5. The second-order valence-corrected chi connectivity index (χ2v) is 7.55. The largest absolute Gasteiger partial charge is 0.508 e. The van der Waals surface area contributed by atoms with Gasteiger partial charge >= 0.3 is 0 Å². The van der Waals surface area contributed by atoms with Crippen molar-refractivity contribution in [3.63, 3.8) is 0 Å². The van der Waals surface area contributed by atoms with Gasteiger partial charge in [-0.15, -0.1) is 15.3 Å². The third-order valence-corrected chi connectivity index (χ3v) is 5.51. The van der Waals surface area contributed by atoms with Gasteiger partial charge in [0.2, 0.25) is 11.6 Å². The molecule has 15 heteroatoms. The Bertz CT molecular complexity index is 1290. The number of nitrogens with two attached hydrogens (primary N) is 1. The van der Waals surface area contributed by atoms with Crippen LogP contribution in [0.4, 0.5) is 5.82 Å². The Kier molecular flexibility index (Phi) is 6.21. The molecule has 0 aliphatic rings. The number of hydrogen-bond acceptors (Lipinski definition) is 12. The van der Waals surface area contributed by atoms with Crippen molar-refractivity contribution in [2.24, 2.45) is 7.05 Å². The Morgan fingerprint density at radius 1 is 1.24 bits per heavy atom. The molecule has 1 aromatic carbocycles. The highest BCUT2D eigenvalue weighted by molar-refractivity contribution is 7.98. The lowest BCUT2D eigenvalue weighted by atomic mass is 10.1. The van der Waals surface area contributed by atoms with Crippen molar-refractivity contribution in [1.29, 1.82) is 0 Å². The van der Waals surface area contributed by atoms with Crippen LogP contribution in [0.25, 0.3) is 11.5 Å². The average molecular weight is 469 g/mol. The van der Waals surface area contributed by atoms with Crippen molar-refractivity contribution in [2.45, 2.75) is 17.8 Å². The van der Waals surface area contributed by atoms with E-state index in [1.165, 1.54) is 16.4 Å². The predicted octanol–water partition coefficient (Wildman–Crippen LogP) is 0.654. The summed E-state index contributed by atoms with van der Waals surface area (Å²) >= 11 is 1.32. The highest BCUT2D eigenvalue weighted by Crippen LogP contribution is 2.24. The number of carbonyl (C=O) groups is 1. The maximum atomic E-state index is 13.0. The van der Waals surface area contributed by atoms with E-state index in [4.69, 9.17) is 5.73 Å². The first kappa shape index (κ1) is 21.8. The van der Waals surface area contributed by atoms with Crippen LogP contribution in [0.5, 0.6) is 5.75 Å². The number of phenolic OH excluding ortho intramolecular Hbond substituents is 1. The van der Waals surface area contributed by atoms with Crippen molar-refractivity contribution in [3.05, 3.63) is 53.6 Å². The number of phenols is 1. The molecule has 170 valence electrons. The molecule has 0 spiro atoms. The number of hydrogen-bond donors (Lipinski definition) is 4. The summed E-state index contributed by atoms with van der Waals surface area (Å²) in [6.45, 7) is 1.81. The van der Waals surface area contributed by atoms with E-state index in [2.05, 4.69) is 46.3 Å². The molecule has 0 saturated carbocycles. The molecule has 0 unspecified atom stereocenters. The third kappa shape index (κ3) is 4.62. The maximum absolute atomic E-state index is 13.0. The summed E-state index contributed by atoms with van der Waals surface area (Å²) in [7, 11) is 1.80. The predicted molar refractivity (Wildman–Crippen MR) is 117 cm³/mol. The second kappa shape index (κ2) is 9.39. The summed E-state index contributed by atoms with van der Waals surface area (Å²) in [6.07, 6.45) is 3.34. The number of benzene rings is 1. The zero-order valence-electron chi connectivity index (χ0n) is 17.5. The summed E-state index contributed by atoms with van der Waals surface area (Å²) < 4.78 is 7.69. The molecule has 33 heavy (non-hydrogen) atoms. The normalized spacial score (nSPS) is 11.5. The Hall–Kier alpha value is -4.40. The van der Waals surface area contributed by atoms with Gasteiger partial charge in [-0.1, -0.05) is 23.1 Å². The molecule has 0 aliphatic carbocycles. The van der Waals surface area contributed by atoms with Gasteiger partial charge in [-0.25, -0.2) is 4.63 Å². The number of aromatic nitrogens is 8. The fraction of sp³-hybridized carbons (Fsp3) is 0.167. The molecular formula is C18H19N11O3S. The molecule has 0 fully saturated rings. The number of hydrazine groups is 1. The van der Waals surface area contributed by atoms with Crippen LogP contribution in [-0.2, 0) is 12.8 Å². The maximum Gasteiger partial charge on any atom is 0.292 e. The van der Waals surface area contributed by atoms with Gasteiger partial charge in [-0.2, -0.15) is 4.68 Å². The second-order valence-electron chi connectivity index (χ2n) is 6.61. The Labute approximate surface area is 190 Å². The minimum Gasteiger partial charge on any atom is -0.508 e. The number of allylic oxidation sites excluding steroid dienone is 1. The molecule has 4 rings (SSSR count). The number of thioether (sulfide) groups is 1. The number of anilines is 1. The molecule has 0 saturated heterocycles. The molecular weight excluding hydrogens is 450 g/mol. The lowest BCUT2D eigenvalue weighted by Gasteiger charge is -2.12. The summed E-state index contributed by atoms with van der Waals surface area (Å²) in [5.74, 6) is -0.0348. The molecule has 0 aliphatic heterocycles. The molecule has 14 nitrogen and oxygen atoms in total. The summed E-state index contributed by atoms with van der Waals surface area (Å²) in [6, 6.07) is 6.52. The van der Waals surface area contributed by atoms with E-state index in [1.54, 1.807) is 55.2 Å². The number of nitrogen functional groups attached to an aromatic ring is 1. The van der Waals surface area contributed by atoms with Crippen LogP contribution in [0.15, 0.2) is 46.5 Å². The molecule has 4 aromatic rings. The molecule has 0 bridgehead atoms. The van der Waals surface area contributed by atoms with E-state index in [0.717, 1.165) is 5.56 Å². The zero-order valence-corrected chi connectivity index (χ0v) is 18.3. The fourth-order valence-corrected chi connectivity index (χ4v) is 3.67. The lowest BCUT2D eigenvalue weighted by Crippen LogP contribution is -2.36. The van der Waals surface area contributed by atoms with Crippen LogP contribution >= 0.6 is 11.8 Å². The molecule has 5 N–H and O–H groups in total. The van der Waals surface area contributed by atoms with Crippen LogP contribution in [0, 0.1) is 0 Å². The topological polar surface area (TPSA) is 188 Å². The van der Waals surface area contributed by atoms with Crippen molar-refractivity contribution in [2.75, 3.05) is 5.73 Å². The molecule has 3 heterocycles. The summed E-state index contributed by atoms with van der Waals surface area (Å²) in [5.41, 5.74) is 13.1. The van der Waals surface area contributed by atoms with Crippen molar-refractivity contribution < 1.29 is 14.5 Å². The molecule has 0 radical (unpaired) electrons. The minimum atomic E-state index is -0.539. The van der Waals surface area contributed by atoms with Crippen LogP contribution < -0.4 is 16.6 Å². The van der Waals surface area contributed by atoms with E-state index in [-0.39, 0.29) is 28.8 Å². The van der Waals surface area contributed by atoms with Crippen LogP contribution in [0.3, 0.4) is 0 Å². The van der Waals surface area contributed by atoms with E-state index in [0.29, 0.717) is 16.5 Å². The number of nitrogens with one attached hydrogen (secondary N) is 2. The Morgan fingerprint density at radius 3 is 2.67 bits per heavy atom. The molecule has 3 aromatic heterocycles. The number of aryl methyl sites for hydroxylation is 1. The SMILES string of the molecule is C/C=C(\NNC(=O)c1nnn(-c2nonc2N)c1CSc1nncn1C)c1ccc(O)cc1. The van der Waals surface area contributed by atoms with Crippen molar-refractivity contribution >= 4 is 29.2 Å². The van der Waals surface area contributed by atoms with Gasteiger partial charge in [-0.3, -0.25) is 15.6 Å². The van der Waals surface area contributed by atoms with Gasteiger partial charge < -0.3 is 15.4 Å². The van der Waals surface area contributed by atoms with Crippen LogP contribution in [-0.4, -0.2) is 51.1 Å². The van der Waals surface area contributed by atoms with E-state index in [1.807, 2.05) is 0 Å².